The molecule has 0 radical (unpaired) electrons. The fourth-order valence-electron chi connectivity index (χ4n) is 2.44. The van der Waals surface area contributed by atoms with Crippen molar-refractivity contribution < 1.29 is 9.53 Å². The molecule has 0 aliphatic heterocycles. The molecule has 3 aromatic carbocycles. The molecular weight excluding hydrogens is 343 g/mol. The van der Waals surface area contributed by atoms with E-state index < -0.39 is 12.1 Å². The Morgan fingerprint density at radius 1 is 0.708 bits per heavy atom. The van der Waals surface area contributed by atoms with Gasteiger partial charge in [-0.1, -0.05) is 89.9 Å². The van der Waals surface area contributed by atoms with Crippen molar-refractivity contribution in [2.75, 3.05) is 0 Å². The molecule has 24 heavy (non-hydrogen) atoms. The highest BCUT2D eigenvalue weighted by Gasteiger charge is 2.23. The Morgan fingerprint density at radius 3 is 1.62 bits per heavy atom. The highest BCUT2D eigenvalue weighted by atomic mass is 35.5. The van der Waals surface area contributed by atoms with Crippen LogP contribution in [-0.2, 0) is 4.74 Å². The van der Waals surface area contributed by atoms with Crippen LogP contribution in [0.1, 0.15) is 27.6 Å². The highest BCUT2D eigenvalue weighted by molar-refractivity contribution is 6.39. The first-order chi connectivity index (χ1) is 11.7. The number of benzene rings is 3. The molecule has 3 aromatic rings. The van der Waals surface area contributed by atoms with Gasteiger partial charge in [-0.2, -0.15) is 0 Å². The predicted molar refractivity (Wildman–Crippen MR) is 96.6 cm³/mol. The van der Waals surface area contributed by atoms with Crippen molar-refractivity contribution in [1.82, 2.24) is 0 Å². The minimum atomic E-state index is -0.552. The molecule has 0 aliphatic rings. The minimum Gasteiger partial charge on any atom is -0.449 e. The maximum absolute atomic E-state index is 12.7. The lowest BCUT2D eigenvalue weighted by molar-refractivity contribution is 0.0378. The van der Waals surface area contributed by atoms with E-state index in [1.165, 1.54) is 0 Å². The van der Waals surface area contributed by atoms with Crippen molar-refractivity contribution in [3.8, 4) is 0 Å². The molecular formula is C20H14Cl2O2. The number of carbonyl (C=O) groups is 1. The van der Waals surface area contributed by atoms with Gasteiger partial charge in [0.1, 0.15) is 0 Å². The van der Waals surface area contributed by atoms with Crippen LogP contribution in [0.5, 0.6) is 0 Å². The molecule has 4 heteroatoms. The molecule has 0 saturated carbocycles. The molecule has 3 rings (SSSR count). The molecule has 0 spiro atoms. The summed E-state index contributed by atoms with van der Waals surface area (Å²) in [5, 5.41) is 0.541. The van der Waals surface area contributed by atoms with Crippen LogP contribution in [0.2, 0.25) is 10.0 Å². The number of halogens is 2. The summed E-state index contributed by atoms with van der Waals surface area (Å²) in [6.07, 6.45) is -0.535. The predicted octanol–water partition coefficient (Wildman–Crippen LogP) is 5.94. The van der Waals surface area contributed by atoms with Crippen LogP contribution >= 0.6 is 23.2 Å². The fourth-order valence-corrected chi connectivity index (χ4v) is 2.99. The second kappa shape index (κ2) is 7.52. The van der Waals surface area contributed by atoms with Gasteiger partial charge >= 0.3 is 5.97 Å². The van der Waals surface area contributed by atoms with E-state index in [9.17, 15) is 4.79 Å². The van der Waals surface area contributed by atoms with Crippen LogP contribution in [0.15, 0.2) is 78.9 Å². The average molecular weight is 357 g/mol. The molecule has 2 nitrogen and oxygen atoms in total. The van der Waals surface area contributed by atoms with Crippen LogP contribution in [-0.4, -0.2) is 5.97 Å². The van der Waals surface area contributed by atoms with Gasteiger partial charge in [0, 0.05) is 0 Å². The third kappa shape index (κ3) is 3.61. The topological polar surface area (TPSA) is 26.3 Å². The quantitative estimate of drug-likeness (QED) is 0.540. The molecule has 0 heterocycles. The van der Waals surface area contributed by atoms with Gasteiger partial charge in [0.15, 0.2) is 6.10 Å². The zero-order valence-electron chi connectivity index (χ0n) is 12.7. The molecule has 0 N–H and O–H groups in total. The van der Waals surface area contributed by atoms with Crippen molar-refractivity contribution in [2.45, 2.75) is 6.10 Å². The molecule has 0 atom stereocenters. The second-order valence-electron chi connectivity index (χ2n) is 5.20. The zero-order valence-corrected chi connectivity index (χ0v) is 14.2. The van der Waals surface area contributed by atoms with Gasteiger partial charge in [0.25, 0.3) is 0 Å². The maximum Gasteiger partial charge on any atom is 0.342 e. The molecule has 0 aliphatic carbocycles. The van der Waals surface area contributed by atoms with Crippen molar-refractivity contribution in [3.63, 3.8) is 0 Å². The Morgan fingerprint density at radius 2 is 1.17 bits per heavy atom. The SMILES string of the molecule is O=C(OC(c1ccccc1)c1ccccc1)c1c(Cl)cccc1Cl. The smallest absolute Gasteiger partial charge is 0.342 e. The summed E-state index contributed by atoms with van der Waals surface area (Å²) in [5.74, 6) is -0.552. The maximum atomic E-state index is 12.7. The minimum absolute atomic E-state index is 0.178. The molecule has 0 unspecified atom stereocenters. The molecule has 0 amide bonds. The second-order valence-corrected chi connectivity index (χ2v) is 6.02. The van der Waals surface area contributed by atoms with E-state index in [0.717, 1.165) is 11.1 Å². The number of carbonyl (C=O) groups excluding carboxylic acids is 1. The van der Waals surface area contributed by atoms with Crippen molar-refractivity contribution >= 4 is 29.2 Å². The fraction of sp³-hybridized carbons (Fsp3) is 0.0500. The van der Waals surface area contributed by atoms with E-state index in [2.05, 4.69) is 0 Å². The third-order valence-electron chi connectivity index (χ3n) is 3.60. The van der Waals surface area contributed by atoms with E-state index in [4.69, 9.17) is 27.9 Å². The first-order valence-electron chi connectivity index (χ1n) is 7.41. The summed E-state index contributed by atoms with van der Waals surface area (Å²) in [6.45, 7) is 0. The van der Waals surface area contributed by atoms with Crippen molar-refractivity contribution in [3.05, 3.63) is 106 Å². The lowest BCUT2D eigenvalue weighted by Crippen LogP contribution is -2.14. The Kier molecular flexibility index (Phi) is 5.19. The number of esters is 1. The summed E-state index contributed by atoms with van der Waals surface area (Å²) >= 11 is 12.2. The average Bonchev–Trinajstić information content (AvgIpc) is 2.61. The van der Waals surface area contributed by atoms with Crippen LogP contribution in [0, 0.1) is 0 Å². The van der Waals surface area contributed by atoms with Crippen LogP contribution in [0.25, 0.3) is 0 Å². The van der Waals surface area contributed by atoms with E-state index in [-0.39, 0.29) is 15.6 Å². The van der Waals surface area contributed by atoms with Gasteiger partial charge in [-0.25, -0.2) is 4.79 Å². The molecule has 0 bridgehead atoms. The standard InChI is InChI=1S/C20H14Cl2O2/c21-16-12-7-13-17(22)18(16)20(23)24-19(14-8-3-1-4-9-14)15-10-5-2-6-11-15/h1-13,19H. The molecule has 0 aromatic heterocycles. The monoisotopic (exact) mass is 356 g/mol. The van der Waals surface area contributed by atoms with Gasteiger partial charge in [-0.05, 0) is 23.3 Å². The van der Waals surface area contributed by atoms with E-state index >= 15 is 0 Å². The highest BCUT2D eigenvalue weighted by Crippen LogP contribution is 2.30. The zero-order chi connectivity index (χ0) is 16.9. The summed E-state index contributed by atoms with van der Waals surface area (Å²) < 4.78 is 5.76. The van der Waals surface area contributed by atoms with Gasteiger partial charge in [0.05, 0.1) is 15.6 Å². The van der Waals surface area contributed by atoms with Crippen molar-refractivity contribution in [1.29, 1.82) is 0 Å². The summed E-state index contributed by atoms with van der Waals surface area (Å²) in [5.41, 5.74) is 1.93. The Labute approximate surface area is 150 Å². The Hall–Kier alpha value is -2.29. The lowest BCUT2D eigenvalue weighted by Gasteiger charge is -2.19. The number of hydrogen-bond acceptors (Lipinski definition) is 2. The normalized spacial score (nSPS) is 10.6. The Bertz CT molecular complexity index is 773. The van der Waals surface area contributed by atoms with E-state index in [0.29, 0.717) is 0 Å². The number of rotatable bonds is 4. The number of hydrogen-bond donors (Lipinski definition) is 0. The lowest BCUT2D eigenvalue weighted by atomic mass is 10.0. The first kappa shape index (κ1) is 16.6. The Balaban J connectivity index is 1.97. The first-order valence-corrected chi connectivity index (χ1v) is 8.17. The van der Waals surface area contributed by atoms with Crippen molar-refractivity contribution in [2.24, 2.45) is 0 Å². The van der Waals surface area contributed by atoms with Crippen LogP contribution < -0.4 is 0 Å². The summed E-state index contributed by atoms with van der Waals surface area (Å²) in [4.78, 5) is 12.7. The molecule has 120 valence electrons. The van der Waals surface area contributed by atoms with Crippen LogP contribution in [0.3, 0.4) is 0 Å². The third-order valence-corrected chi connectivity index (χ3v) is 4.23. The van der Waals surface area contributed by atoms with Gasteiger partial charge in [0.2, 0.25) is 0 Å². The van der Waals surface area contributed by atoms with Crippen LogP contribution in [0.4, 0.5) is 0 Å². The van der Waals surface area contributed by atoms with E-state index in [1.54, 1.807) is 18.2 Å². The largest absolute Gasteiger partial charge is 0.449 e. The van der Waals surface area contributed by atoms with E-state index in [1.807, 2.05) is 60.7 Å². The van der Waals surface area contributed by atoms with Gasteiger partial charge in [-0.15, -0.1) is 0 Å². The summed E-state index contributed by atoms with van der Waals surface area (Å²) in [7, 11) is 0. The summed E-state index contributed by atoms with van der Waals surface area (Å²) in [6, 6.07) is 24.0. The molecule has 0 fully saturated rings. The van der Waals surface area contributed by atoms with Gasteiger partial charge in [-0.3, -0.25) is 0 Å². The molecule has 0 saturated heterocycles. The van der Waals surface area contributed by atoms with Gasteiger partial charge < -0.3 is 4.74 Å². The number of ether oxygens (including phenoxy) is 1.